The van der Waals surface area contributed by atoms with E-state index in [2.05, 4.69) is 10.3 Å². The first-order valence-corrected chi connectivity index (χ1v) is 8.80. The number of nitrogens with one attached hydrogen (secondary N) is 1. The highest BCUT2D eigenvalue weighted by molar-refractivity contribution is 7.88. The molecule has 1 unspecified atom stereocenters. The summed E-state index contributed by atoms with van der Waals surface area (Å²) >= 11 is 0. The Balaban J connectivity index is 1.79. The molecule has 7 heteroatoms. The summed E-state index contributed by atoms with van der Waals surface area (Å²) in [6.45, 7) is 6.45. The van der Waals surface area contributed by atoms with Crippen molar-refractivity contribution >= 4 is 10.0 Å². The third-order valence-corrected chi connectivity index (χ3v) is 5.00. The van der Waals surface area contributed by atoms with Gasteiger partial charge in [0.25, 0.3) is 0 Å². The van der Waals surface area contributed by atoms with E-state index in [1.54, 1.807) is 4.31 Å². The van der Waals surface area contributed by atoms with Gasteiger partial charge in [-0.25, -0.2) is 17.7 Å². The molecule has 0 bridgehead atoms. The highest BCUT2D eigenvalue weighted by atomic mass is 32.2. The molecular weight excluding hydrogens is 278 g/mol. The van der Waals surface area contributed by atoms with Crippen molar-refractivity contribution in [3.8, 4) is 0 Å². The van der Waals surface area contributed by atoms with Gasteiger partial charge in [-0.05, 0) is 39.2 Å². The first kappa shape index (κ1) is 15.5. The molecule has 0 aromatic carbocycles. The van der Waals surface area contributed by atoms with E-state index in [1.807, 2.05) is 13.8 Å². The average Bonchev–Trinajstić information content (AvgIpc) is 2.68. The molecule has 1 saturated heterocycles. The maximum atomic E-state index is 11.5. The molecule has 20 heavy (non-hydrogen) atoms. The van der Waals surface area contributed by atoms with Gasteiger partial charge < -0.3 is 9.73 Å². The Labute approximate surface area is 120 Å². The quantitative estimate of drug-likeness (QED) is 0.880. The Hall–Kier alpha value is -0.920. The van der Waals surface area contributed by atoms with Crippen LogP contribution in [-0.4, -0.2) is 43.6 Å². The molecule has 0 amide bonds. The average molecular weight is 301 g/mol. The van der Waals surface area contributed by atoms with Crippen molar-refractivity contribution < 1.29 is 12.8 Å². The molecule has 1 aromatic rings. The first-order valence-electron chi connectivity index (χ1n) is 6.95. The highest BCUT2D eigenvalue weighted by Crippen LogP contribution is 2.18. The molecule has 1 N–H and O–H groups in total. The summed E-state index contributed by atoms with van der Waals surface area (Å²) in [6.07, 6.45) is 3.26. The summed E-state index contributed by atoms with van der Waals surface area (Å²) in [5, 5.41) is 3.31. The molecule has 2 heterocycles. The molecule has 0 spiro atoms. The van der Waals surface area contributed by atoms with E-state index >= 15 is 0 Å². The highest BCUT2D eigenvalue weighted by Gasteiger charge is 2.25. The third-order valence-electron chi connectivity index (χ3n) is 3.73. The van der Waals surface area contributed by atoms with E-state index in [9.17, 15) is 8.42 Å². The summed E-state index contributed by atoms with van der Waals surface area (Å²) in [6, 6.07) is 0. The Morgan fingerprint density at radius 2 is 2.20 bits per heavy atom. The van der Waals surface area contributed by atoms with Gasteiger partial charge in [0.2, 0.25) is 15.9 Å². The van der Waals surface area contributed by atoms with Crippen LogP contribution in [0.4, 0.5) is 0 Å². The summed E-state index contributed by atoms with van der Waals surface area (Å²) in [5.74, 6) is 1.90. The summed E-state index contributed by atoms with van der Waals surface area (Å²) < 4.78 is 30.2. The molecule has 1 atom stereocenters. The van der Waals surface area contributed by atoms with E-state index in [0.717, 1.165) is 30.8 Å². The zero-order chi connectivity index (χ0) is 14.8. The monoisotopic (exact) mass is 301 g/mol. The van der Waals surface area contributed by atoms with Gasteiger partial charge in [-0.3, -0.25) is 0 Å². The standard InChI is InChI=1S/C13H23N3O3S/c1-10-11(2)19-13(15-10)8-14-7-12-5-4-6-16(9-12)20(3,17)18/h12,14H,4-9H2,1-3H3. The van der Waals surface area contributed by atoms with Crippen LogP contribution >= 0.6 is 0 Å². The van der Waals surface area contributed by atoms with E-state index in [0.29, 0.717) is 31.4 Å². The normalized spacial score (nSPS) is 21.2. The molecule has 114 valence electrons. The van der Waals surface area contributed by atoms with Crippen molar-refractivity contribution in [3.05, 3.63) is 17.3 Å². The van der Waals surface area contributed by atoms with Gasteiger partial charge >= 0.3 is 0 Å². The van der Waals surface area contributed by atoms with Crippen molar-refractivity contribution in [1.82, 2.24) is 14.6 Å². The van der Waals surface area contributed by atoms with Crippen LogP contribution in [0, 0.1) is 19.8 Å². The lowest BCUT2D eigenvalue weighted by atomic mass is 10.00. The summed E-state index contributed by atoms with van der Waals surface area (Å²) in [7, 11) is -3.06. The maximum absolute atomic E-state index is 11.5. The van der Waals surface area contributed by atoms with Crippen LogP contribution in [0.2, 0.25) is 0 Å². The zero-order valence-corrected chi connectivity index (χ0v) is 13.2. The third kappa shape index (κ3) is 4.04. The number of oxazole rings is 1. The number of aryl methyl sites for hydroxylation is 2. The van der Waals surface area contributed by atoms with Crippen LogP contribution in [0.25, 0.3) is 0 Å². The van der Waals surface area contributed by atoms with Gasteiger partial charge in [-0.15, -0.1) is 0 Å². The Kier molecular flexibility index (Phi) is 4.82. The van der Waals surface area contributed by atoms with Crippen LogP contribution in [0.15, 0.2) is 4.42 Å². The number of aromatic nitrogens is 1. The number of sulfonamides is 1. The number of hydrogen-bond acceptors (Lipinski definition) is 5. The first-order chi connectivity index (χ1) is 9.36. The van der Waals surface area contributed by atoms with Crippen molar-refractivity contribution in [2.24, 2.45) is 5.92 Å². The smallest absolute Gasteiger partial charge is 0.211 e. The molecule has 6 nitrogen and oxygen atoms in total. The molecule has 1 aromatic heterocycles. The lowest BCUT2D eigenvalue weighted by Crippen LogP contribution is -2.42. The zero-order valence-electron chi connectivity index (χ0n) is 12.3. The largest absolute Gasteiger partial charge is 0.444 e. The Morgan fingerprint density at radius 3 is 2.80 bits per heavy atom. The van der Waals surface area contributed by atoms with Crippen LogP contribution in [0.1, 0.15) is 30.2 Å². The van der Waals surface area contributed by atoms with E-state index < -0.39 is 10.0 Å². The molecule has 1 fully saturated rings. The number of piperidine rings is 1. The predicted molar refractivity (Wildman–Crippen MR) is 76.8 cm³/mol. The van der Waals surface area contributed by atoms with Crippen molar-refractivity contribution in [1.29, 1.82) is 0 Å². The van der Waals surface area contributed by atoms with E-state index in [1.165, 1.54) is 6.26 Å². The van der Waals surface area contributed by atoms with Crippen LogP contribution in [0.5, 0.6) is 0 Å². The fourth-order valence-electron chi connectivity index (χ4n) is 2.49. The minimum atomic E-state index is -3.06. The van der Waals surface area contributed by atoms with E-state index in [-0.39, 0.29) is 0 Å². The van der Waals surface area contributed by atoms with Gasteiger partial charge in [0.15, 0.2) is 0 Å². The van der Waals surface area contributed by atoms with Gasteiger partial charge in [-0.2, -0.15) is 0 Å². The fraction of sp³-hybridized carbons (Fsp3) is 0.769. The summed E-state index contributed by atoms with van der Waals surface area (Å²) in [5.41, 5.74) is 0.919. The SMILES string of the molecule is Cc1nc(CNCC2CCCN(S(C)(=O)=O)C2)oc1C. The Morgan fingerprint density at radius 1 is 1.45 bits per heavy atom. The molecule has 0 aliphatic carbocycles. The fourth-order valence-corrected chi connectivity index (χ4v) is 3.44. The molecule has 1 aliphatic heterocycles. The second-order valence-corrected chi connectivity index (χ2v) is 7.49. The molecule has 0 saturated carbocycles. The topological polar surface area (TPSA) is 75.4 Å². The van der Waals surface area contributed by atoms with Crippen LogP contribution < -0.4 is 5.32 Å². The second-order valence-electron chi connectivity index (χ2n) is 5.51. The Bertz CT molecular complexity index is 534. The van der Waals surface area contributed by atoms with Gasteiger partial charge in [-0.1, -0.05) is 0 Å². The van der Waals surface area contributed by atoms with Gasteiger partial charge in [0.1, 0.15) is 5.76 Å². The predicted octanol–water partition coefficient (Wildman–Crippen LogP) is 1.05. The molecule has 1 aliphatic rings. The van der Waals surface area contributed by atoms with Gasteiger partial charge in [0.05, 0.1) is 18.5 Å². The minimum absolute atomic E-state index is 0.357. The molecule has 2 rings (SSSR count). The van der Waals surface area contributed by atoms with E-state index in [4.69, 9.17) is 4.42 Å². The maximum Gasteiger partial charge on any atom is 0.211 e. The second kappa shape index (κ2) is 6.24. The lowest BCUT2D eigenvalue weighted by molar-refractivity contribution is 0.259. The van der Waals surface area contributed by atoms with Crippen molar-refractivity contribution in [2.45, 2.75) is 33.2 Å². The molecule has 0 radical (unpaired) electrons. The number of rotatable bonds is 5. The lowest BCUT2D eigenvalue weighted by Gasteiger charge is -2.30. The van der Waals surface area contributed by atoms with Crippen molar-refractivity contribution in [3.63, 3.8) is 0 Å². The number of nitrogens with zero attached hydrogens (tertiary/aromatic N) is 2. The molecular formula is C13H23N3O3S. The van der Waals surface area contributed by atoms with Crippen molar-refractivity contribution in [2.75, 3.05) is 25.9 Å². The minimum Gasteiger partial charge on any atom is -0.444 e. The van der Waals surface area contributed by atoms with Gasteiger partial charge in [0, 0.05) is 13.1 Å². The number of hydrogen-bond donors (Lipinski definition) is 1. The van der Waals surface area contributed by atoms with Crippen LogP contribution in [0.3, 0.4) is 0 Å². The van der Waals surface area contributed by atoms with Crippen LogP contribution in [-0.2, 0) is 16.6 Å². The summed E-state index contributed by atoms with van der Waals surface area (Å²) in [4.78, 5) is 4.31.